The molecule has 4 rings (SSSR count). The Morgan fingerprint density at radius 3 is 2.84 bits per heavy atom. The number of amides is 1. The van der Waals surface area contributed by atoms with Gasteiger partial charge < -0.3 is 10.1 Å². The Morgan fingerprint density at radius 1 is 1.28 bits per heavy atom. The zero-order valence-electron chi connectivity index (χ0n) is 17.8. The highest BCUT2D eigenvalue weighted by molar-refractivity contribution is 7.99. The third-order valence-corrected chi connectivity index (χ3v) is 7.22. The van der Waals surface area contributed by atoms with E-state index in [4.69, 9.17) is 4.74 Å². The third kappa shape index (κ3) is 4.63. The number of aryl methyl sites for hydroxylation is 1. The van der Waals surface area contributed by atoms with E-state index in [9.17, 15) is 9.59 Å². The van der Waals surface area contributed by atoms with Gasteiger partial charge in [0.15, 0.2) is 11.0 Å². The van der Waals surface area contributed by atoms with Crippen molar-refractivity contribution >= 4 is 40.0 Å². The average Bonchev–Trinajstić information content (AvgIpc) is 3.48. The number of fused-ring (bicyclic) bond motifs is 1. The molecule has 1 aliphatic carbocycles. The largest absolute Gasteiger partial charge is 0.462 e. The van der Waals surface area contributed by atoms with E-state index in [-0.39, 0.29) is 17.6 Å². The molecule has 0 unspecified atom stereocenters. The molecule has 2 aromatic heterocycles. The van der Waals surface area contributed by atoms with Crippen molar-refractivity contribution in [3.8, 4) is 11.4 Å². The van der Waals surface area contributed by atoms with Crippen LogP contribution in [-0.2, 0) is 28.9 Å². The van der Waals surface area contributed by atoms with Crippen molar-refractivity contribution in [3.63, 3.8) is 0 Å². The number of carbonyl (C=O) groups excluding carboxylic acids is 2. The quantitative estimate of drug-likeness (QED) is 0.281. The number of hydrogen-bond acceptors (Lipinski definition) is 7. The van der Waals surface area contributed by atoms with Gasteiger partial charge in [0.25, 0.3) is 0 Å². The number of allylic oxidation sites excluding steroid dienone is 1. The molecule has 166 valence electrons. The van der Waals surface area contributed by atoms with Gasteiger partial charge in [-0.1, -0.05) is 48.2 Å². The molecule has 0 fully saturated rings. The number of nitrogens with zero attached hydrogens (tertiary/aromatic N) is 3. The first-order valence-electron chi connectivity index (χ1n) is 10.5. The summed E-state index contributed by atoms with van der Waals surface area (Å²) in [6.07, 6.45) is 4.58. The van der Waals surface area contributed by atoms with E-state index in [0.29, 0.717) is 28.9 Å². The summed E-state index contributed by atoms with van der Waals surface area (Å²) in [4.78, 5) is 26.4. The molecule has 1 amide bonds. The van der Waals surface area contributed by atoms with Gasteiger partial charge >= 0.3 is 5.97 Å². The van der Waals surface area contributed by atoms with Crippen LogP contribution in [0.15, 0.2) is 48.1 Å². The SMILES string of the molecule is C=CCn1c(SCC(=O)Nc2sc3c(c2C(=O)OCC)CCC3)nnc1-c1ccccc1. The Labute approximate surface area is 194 Å². The first kappa shape index (κ1) is 22.3. The van der Waals surface area contributed by atoms with Crippen LogP contribution >= 0.6 is 23.1 Å². The molecule has 9 heteroatoms. The number of aromatic nitrogens is 3. The van der Waals surface area contributed by atoms with Crippen molar-refractivity contribution in [2.24, 2.45) is 0 Å². The fourth-order valence-corrected chi connectivity index (χ4v) is 5.74. The average molecular weight is 469 g/mol. The lowest BCUT2D eigenvalue weighted by molar-refractivity contribution is -0.113. The van der Waals surface area contributed by atoms with Crippen LogP contribution in [0.3, 0.4) is 0 Å². The van der Waals surface area contributed by atoms with Gasteiger partial charge in [0.1, 0.15) is 5.00 Å². The number of benzene rings is 1. The zero-order valence-corrected chi connectivity index (χ0v) is 19.4. The van der Waals surface area contributed by atoms with Crippen LogP contribution in [0, 0.1) is 0 Å². The summed E-state index contributed by atoms with van der Waals surface area (Å²) in [6.45, 7) is 6.44. The van der Waals surface area contributed by atoms with E-state index < -0.39 is 0 Å². The van der Waals surface area contributed by atoms with Crippen LogP contribution < -0.4 is 5.32 Å². The van der Waals surface area contributed by atoms with Crippen LogP contribution in [0.1, 0.15) is 34.1 Å². The second kappa shape index (κ2) is 10.1. The number of carbonyl (C=O) groups is 2. The standard InChI is InChI=1S/C23H24N4O3S2/c1-3-13-27-20(15-9-6-5-7-10-15)25-26-23(27)31-14-18(28)24-21-19(22(29)30-4-2)16-11-8-12-17(16)32-21/h3,5-7,9-10H,1,4,8,11-14H2,2H3,(H,24,28). The highest BCUT2D eigenvalue weighted by atomic mass is 32.2. The number of thioether (sulfide) groups is 1. The molecule has 2 heterocycles. The van der Waals surface area contributed by atoms with E-state index in [0.717, 1.165) is 41.1 Å². The van der Waals surface area contributed by atoms with E-state index >= 15 is 0 Å². The van der Waals surface area contributed by atoms with Gasteiger partial charge in [-0.25, -0.2) is 4.79 Å². The molecule has 1 N–H and O–H groups in total. The lowest BCUT2D eigenvalue weighted by atomic mass is 10.1. The monoisotopic (exact) mass is 468 g/mol. The van der Waals surface area contributed by atoms with Crippen molar-refractivity contribution < 1.29 is 14.3 Å². The first-order valence-corrected chi connectivity index (χ1v) is 12.3. The number of nitrogens with one attached hydrogen (secondary N) is 1. The maximum absolute atomic E-state index is 12.7. The lowest BCUT2D eigenvalue weighted by Crippen LogP contribution is -2.17. The van der Waals surface area contributed by atoms with Crippen molar-refractivity contribution in [2.45, 2.75) is 37.9 Å². The molecule has 0 atom stereocenters. The number of ether oxygens (including phenoxy) is 1. The fraction of sp³-hybridized carbons (Fsp3) is 0.304. The highest BCUT2D eigenvalue weighted by Crippen LogP contribution is 2.39. The summed E-state index contributed by atoms with van der Waals surface area (Å²) < 4.78 is 7.17. The third-order valence-electron chi connectivity index (χ3n) is 5.05. The van der Waals surface area contributed by atoms with Crippen LogP contribution in [0.25, 0.3) is 11.4 Å². The summed E-state index contributed by atoms with van der Waals surface area (Å²) in [7, 11) is 0. The summed E-state index contributed by atoms with van der Waals surface area (Å²) >= 11 is 2.78. The molecular weight excluding hydrogens is 444 g/mol. The Kier molecular flexibility index (Phi) is 7.06. The second-order valence-electron chi connectivity index (χ2n) is 7.19. The van der Waals surface area contributed by atoms with Crippen LogP contribution in [0.5, 0.6) is 0 Å². The summed E-state index contributed by atoms with van der Waals surface area (Å²) in [5.74, 6) is 0.310. The molecule has 0 bridgehead atoms. The zero-order chi connectivity index (χ0) is 22.5. The maximum atomic E-state index is 12.7. The molecule has 1 aromatic carbocycles. The van der Waals surface area contributed by atoms with Crippen LogP contribution in [0.4, 0.5) is 5.00 Å². The van der Waals surface area contributed by atoms with Crippen molar-refractivity contribution in [1.82, 2.24) is 14.8 Å². The Morgan fingerprint density at radius 2 is 2.09 bits per heavy atom. The topological polar surface area (TPSA) is 86.1 Å². The van der Waals surface area contributed by atoms with Gasteiger partial charge in [0.05, 0.1) is 17.9 Å². The number of hydrogen-bond donors (Lipinski definition) is 1. The lowest BCUT2D eigenvalue weighted by Gasteiger charge is -2.09. The molecule has 0 aliphatic heterocycles. The minimum absolute atomic E-state index is 0.148. The Hall–Kier alpha value is -2.91. The van der Waals surface area contributed by atoms with Gasteiger partial charge in [0.2, 0.25) is 5.91 Å². The molecule has 0 saturated carbocycles. The Bertz CT molecular complexity index is 1140. The summed E-state index contributed by atoms with van der Waals surface area (Å²) in [6, 6.07) is 9.78. The van der Waals surface area contributed by atoms with Gasteiger partial charge in [-0.05, 0) is 31.7 Å². The summed E-state index contributed by atoms with van der Waals surface area (Å²) in [5.41, 5.74) is 2.49. The van der Waals surface area contributed by atoms with E-state index in [1.165, 1.54) is 23.1 Å². The first-order chi connectivity index (χ1) is 15.6. The molecular formula is C23H24N4O3S2. The molecule has 3 aromatic rings. The molecule has 0 saturated heterocycles. The number of rotatable bonds is 9. The second-order valence-corrected chi connectivity index (χ2v) is 9.24. The minimum atomic E-state index is -0.368. The van der Waals surface area contributed by atoms with Gasteiger partial charge in [-0.3, -0.25) is 9.36 Å². The number of anilines is 1. The van der Waals surface area contributed by atoms with Gasteiger partial charge in [-0.2, -0.15) is 0 Å². The number of thiophene rings is 1. The molecule has 0 spiro atoms. The van der Waals surface area contributed by atoms with Crippen molar-refractivity contribution in [1.29, 1.82) is 0 Å². The summed E-state index contributed by atoms with van der Waals surface area (Å²) in [5, 5.41) is 12.7. The van der Waals surface area contributed by atoms with Crippen LogP contribution in [-0.4, -0.2) is 39.0 Å². The minimum Gasteiger partial charge on any atom is -0.462 e. The molecule has 1 aliphatic rings. The Balaban J connectivity index is 1.48. The maximum Gasteiger partial charge on any atom is 0.341 e. The smallest absolute Gasteiger partial charge is 0.341 e. The number of esters is 1. The molecule has 7 nitrogen and oxygen atoms in total. The van der Waals surface area contributed by atoms with Gasteiger partial charge in [0, 0.05) is 17.0 Å². The van der Waals surface area contributed by atoms with E-state index in [1.54, 1.807) is 13.0 Å². The van der Waals surface area contributed by atoms with E-state index in [2.05, 4.69) is 22.1 Å². The van der Waals surface area contributed by atoms with E-state index in [1.807, 2.05) is 34.9 Å². The molecule has 32 heavy (non-hydrogen) atoms. The molecule has 0 radical (unpaired) electrons. The normalized spacial score (nSPS) is 12.4. The van der Waals surface area contributed by atoms with Crippen LogP contribution in [0.2, 0.25) is 0 Å². The highest BCUT2D eigenvalue weighted by Gasteiger charge is 2.28. The van der Waals surface area contributed by atoms with Gasteiger partial charge in [-0.15, -0.1) is 28.1 Å². The predicted octanol–water partition coefficient (Wildman–Crippen LogP) is 4.59. The van der Waals surface area contributed by atoms with Crippen molar-refractivity contribution in [3.05, 3.63) is 59.0 Å². The predicted molar refractivity (Wildman–Crippen MR) is 127 cm³/mol. The fourth-order valence-electron chi connectivity index (χ4n) is 3.69. The van der Waals surface area contributed by atoms with Crippen molar-refractivity contribution in [2.75, 3.05) is 17.7 Å².